The summed E-state index contributed by atoms with van der Waals surface area (Å²) in [5.41, 5.74) is 0. The van der Waals surface area contributed by atoms with E-state index in [-0.39, 0.29) is 0 Å². The third-order valence-corrected chi connectivity index (χ3v) is 6.08. The van der Waals surface area contributed by atoms with Crippen LogP contribution in [-0.2, 0) is 4.79 Å². The Morgan fingerprint density at radius 3 is 2.09 bits per heavy atom. The van der Waals surface area contributed by atoms with E-state index in [0.29, 0.717) is 11.8 Å². The molecular formula is C18H33N3O. The normalized spacial score (nSPS) is 32.1. The van der Waals surface area contributed by atoms with Gasteiger partial charge in [-0.1, -0.05) is 13.3 Å². The highest BCUT2D eigenvalue weighted by Crippen LogP contribution is 2.30. The largest absolute Gasteiger partial charge is 0.340 e. The lowest BCUT2D eigenvalue weighted by molar-refractivity contribution is -0.138. The average molecular weight is 307 g/mol. The predicted octanol–water partition coefficient (Wildman–Crippen LogP) is 2.20. The van der Waals surface area contributed by atoms with Gasteiger partial charge in [-0.15, -0.1) is 0 Å². The molecule has 4 nitrogen and oxygen atoms in total. The minimum Gasteiger partial charge on any atom is -0.340 e. The summed E-state index contributed by atoms with van der Waals surface area (Å²) in [6, 6.07) is 0.765. The van der Waals surface area contributed by atoms with Gasteiger partial charge in [0.2, 0.25) is 5.91 Å². The Hall–Kier alpha value is -0.610. The van der Waals surface area contributed by atoms with Crippen molar-refractivity contribution in [3.63, 3.8) is 0 Å². The van der Waals surface area contributed by atoms with Crippen LogP contribution in [-0.4, -0.2) is 72.5 Å². The molecule has 126 valence electrons. The quantitative estimate of drug-likeness (QED) is 0.800. The van der Waals surface area contributed by atoms with Crippen molar-refractivity contribution in [3.05, 3.63) is 0 Å². The van der Waals surface area contributed by atoms with Gasteiger partial charge in [0, 0.05) is 38.1 Å². The van der Waals surface area contributed by atoms with Gasteiger partial charge in [-0.3, -0.25) is 4.79 Å². The lowest BCUT2D eigenvalue weighted by Crippen LogP contribution is -2.51. The first-order chi connectivity index (χ1) is 10.8. The van der Waals surface area contributed by atoms with Crippen LogP contribution in [0.15, 0.2) is 0 Å². The fraction of sp³-hybridized carbons (Fsp3) is 0.944. The summed E-state index contributed by atoms with van der Waals surface area (Å²) in [5, 5.41) is 0. The van der Waals surface area contributed by atoms with E-state index < -0.39 is 0 Å². The summed E-state index contributed by atoms with van der Waals surface area (Å²) < 4.78 is 0. The number of piperidine rings is 1. The van der Waals surface area contributed by atoms with Crippen LogP contribution in [0.1, 0.15) is 51.9 Å². The molecule has 22 heavy (non-hydrogen) atoms. The molecule has 3 aliphatic rings. The number of carbonyl (C=O) groups excluding carboxylic acids is 1. The van der Waals surface area contributed by atoms with E-state index >= 15 is 0 Å². The molecule has 0 N–H and O–H groups in total. The van der Waals surface area contributed by atoms with Gasteiger partial charge in [0.05, 0.1) is 0 Å². The molecule has 1 amide bonds. The zero-order valence-electron chi connectivity index (χ0n) is 14.3. The van der Waals surface area contributed by atoms with Gasteiger partial charge in [0.1, 0.15) is 0 Å². The number of hydrogen-bond donors (Lipinski definition) is 0. The van der Waals surface area contributed by atoms with Crippen LogP contribution in [0, 0.1) is 5.92 Å². The smallest absolute Gasteiger partial charge is 0.225 e. The van der Waals surface area contributed by atoms with Gasteiger partial charge < -0.3 is 14.7 Å². The van der Waals surface area contributed by atoms with E-state index in [1.807, 2.05) is 0 Å². The molecule has 0 radical (unpaired) electrons. The first-order valence-electron chi connectivity index (χ1n) is 9.53. The van der Waals surface area contributed by atoms with Crippen molar-refractivity contribution >= 4 is 5.91 Å². The van der Waals surface area contributed by atoms with Crippen molar-refractivity contribution < 1.29 is 4.79 Å². The predicted molar refractivity (Wildman–Crippen MR) is 89.9 cm³/mol. The summed E-state index contributed by atoms with van der Waals surface area (Å²) >= 11 is 0. The van der Waals surface area contributed by atoms with Crippen molar-refractivity contribution in [3.8, 4) is 0 Å². The number of piperazine rings is 1. The average Bonchev–Trinajstić information content (AvgIpc) is 2.62. The summed E-state index contributed by atoms with van der Waals surface area (Å²) in [6.07, 6.45) is 8.88. The second kappa shape index (κ2) is 7.78. The second-order valence-electron chi connectivity index (χ2n) is 7.36. The molecule has 2 saturated heterocycles. The number of rotatable bonds is 3. The van der Waals surface area contributed by atoms with Gasteiger partial charge in [-0.25, -0.2) is 0 Å². The Labute approximate surface area is 135 Å². The maximum absolute atomic E-state index is 12.7. The second-order valence-corrected chi connectivity index (χ2v) is 7.36. The Bertz CT molecular complexity index is 351. The molecule has 3 rings (SSSR count). The third-order valence-electron chi connectivity index (χ3n) is 6.08. The molecule has 4 heteroatoms. The molecule has 0 aromatic rings. The zero-order chi connectivity index (χ0) is 15.4. The first-order valence-corrected chi connectivity index (χ1v) is 9.53. The van der Waals surface area contributed by atoms with Gasteiger partial charge >= 0.3 is 0 Å². The highest BCUT2D eigenvalue weighted by molar-refractivity contribution is 5.79. The van der Waals surface area contributed by atoms with Crippen LogP contribution in [0.5, 0.6) is 0 Å². The van der Waals surface area contributed by atoms with Gasteiger partial charge in [-0.05, 0) is 58.2 Å². The lowest BCUT2D eigenvalue weighted by Gasteiger charge is -2.40. The zero-order valence-corrected chi connectivity index (χ0v) is 14.3. The summed E-state index contributed by atoms with van der Waals surface area (Å²) in [4.78, 5) is 20.0. The number of nitrogens with zero attached hydrogens (tertiary/aromatic N) is 3. The highest BCUT2D eigenvalue weighted by atomic mass is 16.2. The Morgan fingerprint density at radius 2 is 1.50 bits per heavy atom. The van der Waals surface area contributed by atoms with Crippen molar-refractivity contribution in [2.75, 3.05) is 45.8 Å². The minimum absolute atomic E-state index is 0.314. The first kappa shape index (κ1) is 16.3. The lowest BCUT2D eigenvalue weighted by atomic mass is 9.83. The van der Waals surface area contributed by atoms with Gasteiger partial charge in [0.25, 0.3) is 0 Å². The molecule has 0 aromatic carbocycles. The number of carbonyl (C=O) groups is 1. The molecule has 3 fully saturated rings. The summed E-state index contributed by atoms with van der Waals surface area (Å²) in [6.45, 7) is 9.92. The molecule has 2 heterocycles. The van der Waals surface area contributed by atoms with E-state index in [1.54, 1.807) is 0 Å². The summed E-state index contributed by atoms with van der Waals surface area (Å²) in [5.74, 6) is 0.766. The molecular weight excluding hydrogens is 274 g/mol. The van der Waals surface area contributed by atoms with Crippen molar-refractivity contribution in [2.24, 2.45) is 5.92 Å². The topological polar surface area (TPSA) is 26.8 Å². The van der Waals surface area contributed by atoms with Crippen LogP contribution in [0.2, 0.25) is 0 Å². The van der Waals surface area contributed by atoms with Gasteiger partial charge in [-0.2, -0.15) is 0 Å². The monoisotopic (exact) mass is 307 g/mol. The standard InChI is InChI=1S/C18H33N3O/c1-2-19-12-14-21(15-13-19)18(22)16-6-8-17(9-7-16)20-10-4-3-5-11-20/h16-17H,2-15H2,1H3. The SMILES string of the molecule is CCN1CCN(C(=O)C2CCC(N3CCCCC3)CC2)CC1. The van der Waals surface area contributed by atoms with Crippen LogP contribution in [0.4, 0.5) is 0 Å². The molecule has 0 spiro atoms. The molecule has 0 atom stereocenters. The molecule has 1 saturated carbocycles. The third kappa shape index (κ3) is 3.83. The van der Waals surface area contributed by atoms with Gasteiger partial charge in [0.15, 0.2) is 0 Å². The Kier molecular flexibility index (Phi) is 5.75. The Balaban J connectivity index is 1.43. The van der Waals surface area contributed by atoms with E-state index in [0.717, 1.165) is 51.6 Å². The molecule has 1 aliphatic carbocycles. The maximum Gasteiger partial charge on any atom is 0.225 e. The fourth-order valence-corrected chi connectivity index (χ4v) is 4.51. The maximum atomic E-state index is 12.7. The number of likely N-dealkylation sites (tertiary alicyclic amines) is 1. The molecule has 2 aliphatic heterocycles. The van der Waals surface area contributed by atoms with Crippen LogP contribution in [0.25, 0.3) is 0 Å². The highest BCUT2D eigenvalue weighted by Gasteiger charge is 2.32. The van der Waals surface area contributed by atoms with E-state index in [9.17, 15) is 4.79 Å². The van der Waals surface area contributed by atoms with E-state index in [1.165, 1.54) is 45.2 Å². The number of hydrogen-bond acceptors (Lipinski definition) is 3. The number of amides is 1. The van der Waals surface area contributed by atoms with E-state index in [4.69, 9.17) is 0 Å². The molecule has 0 aromatic heterocycles. The van der Waals surface area contributed by atoms with Crippen molar-refractivity contribution in [1.82, 2.24) is 14.7 Å². The number of likely N-dealkylation sites (N-methyl/N-ethyl adjacent to an activating group) is 1. The van der Waals surface area contributed by atoms with E-state index in [2.05, 4.69) is 21.6 Å². The molecule has 0 bridgehead atoms. The molecule has 0 unspecified atom stereocenters. The van der Waals surface area contributed by atoms with Crippen LogP contribution < -0.4 is 0 Å². The minimum atomic E-state index is 0.314. The van der Waals surface area contributed by atoms with Crippen molar-refractivity contribution in [2.45, 2.75) is 57.9 Å². The van der Waals surface area contributed by atoms with Crippen LogP contribution in [0.3, 0.4) is 0 Å². The van der Waals surface area contributed by atoms with Crippen LogP contribution >= 0.6 is 0 Å². The van der Waals surface area contributed by atoms with Crippen molar-refractivity contribution in [1.29, 1.82) is 0 Å². The fourth-order valence-electron chi connectivity index (χ4n) is 4.51. The summed E-state index contributed by atoms with van der Waals surface area (Å²) in [7, 11) is 0. The Morgan fingerprint density at radius 1 is 0.864 bits per heavy atom.